The average Bonchev–Trinajstić information content (AvgIpc) is 2.68. The molecule has 2 aromatic rings. The van der Waals surface area contributed by atoms with Gasteiger partial charge in [-0.05, 0) is 12.1 Å². The summed E-state index contributed by atoms with van der Waals surface area (Å²) in [5.41, 5.74) is 6.82. The molecule has 90 valence electrons. The molecule has 17 heavy (non-hydrogen) atoms. The topological polar surface area (TPSA) is 81.1 Å². The second kappa shape index (κ2) is 4.55. The van der Waals surface area contributed by atoms with Crippen molar-refractivity contribution in [2.45, 2.75) is 20.1 Å². The Morgan fingerprint density at radius 1 is 1.65 bits per heavy atom. The third-order valence-corrected chi connectivity index (χ3v) is 2.84. The summed E-state index contributed by atoms with van der Waals surface area (Å²) in [6, 6.07) is 3.72. The van der Waals surface area contributed by atoms with Crippen LogP contribution in [0.5, 0.6) is 0 Å². The number of carbonyl (C=O) groups excluding carboxylic acids is 1. The van der Waals surface area contributed by atoms with Crippen LogP contribution in [0, 0.1) is 5.92 Å². The maximum atomic E-state index is 11.1. The van der Waals surface area contributed by atoms with Crippen LogP contribution in [-0.2, 0) is 17.9 Å². The molecule has 0 spiro atoms. The van der Waals surface area contributed by atoms with Gasteiger partial charge in [0.25, 0.3) is 0 Å². The van der Waals surface area contributed by atoms with Crippen molar-refractivity contribution in [3.05, 3.63) is 30.1 Å². The molecule has 1 atom stereocenters. The van der Waals surface area contributed by atoms with E-state index in [2.05, 4.69) is 4.98 Å². The Labute approximate surface area is 98.9 Å². The molecule has 0 aliphatic heterocycles. The molecule has 2 rings (SSSR count). The summed E-state index contributed by atoms with van der Waals surface area (Å²) < 4.78 is 1.86. The zero-order chi connectivity index (χ0) is 12.4. The third kappa shape index (κ3) is 2.14. The molecule has 2 heterocycles. The van der Waals surface area contributed by atoms with Crippen LogP contribution in [0.25, 0.3) is 11.0 Å². The van der Waals surface area contributed by atoms with Gasteiger partial charge in [0.05, 0.1) is 12.5 Å². The van der Waals surface area contributed by atoms with Gasteiger partial charge in [-0.3, -0.25) is 4.79 Å². The summed E-state index contributed by atoms with van der Waals surface area (Å²) >= 11 is 0. The zero-order valence-electron chi connectivity index (χ0n) is 9.63. The lowest BCUT2D eigenvalue weighted by atomic mass is 10.2. The molecule has 3 N–H and O–H groups in total. The maximum Gasteiger partial charge on any atom is 0.222 e. The van der Waals surface area contributed by atoms with Gasteiger partial charge in [-0.15, -0.1) is 0 Å². The molecule has 5 nitrogen and oxygen atoms in total. The quantitative estimate of drug-likeness (QED) is 0.813. The first-order chi connectivity index (χ1) is 8.13. The SMILES string of the molecule is CC(Cn1cc(CO)c2cccnc21)C(N)=O. The molecule has 0 aliphatic carbocycles. The molecule has 2 aromatic heterocycles. The number of rotatable bonds is 4. The third-order valence-electron chi connectivity index (χ3n) is 2.84. The Kier molecular flexibility index (Phi) is 3.10. The minimum atomic E-state index is -0.340. The van der Waals surface area contributed by atoms with Crippen LogP contribution in [0.3, 0.4) is 0 Å². The minimum Gasteiger partial charge on any atom is -0.392 e. The number of primary amides is 1. The van der Waals surface area contributed by atoms with Gasteiger partial charge >= 0.3 is 0 Å². The molecule has 1 unspecified atom stereocenters. The first-order valence-electron chi connectivity index (χ1n) is 5.46. The average molecular weight is 233 g/mol. The van der Waals surface area contributed by atoms with E-state index >= 15 is 0 Å². The molecule has 0 radical (unpaired) electrons. The molecule has 0 saturated heterocycles. The van der Waals surface area contributed by atoms with Crippen molar-refractivity contribution in [1.29, 1.82) is 0 Å². The predicted octanol–water partition coefficient (Wildman–Crippen LogP) is 0.650. The molecule has 0 saturated carbocycles. The zero-order valence-corrected chi connectivity index (χ0v) is 9.63. The van der Waals surface area contributed by atoms with Crippen LogP contribution in [0.4, 0.5) is 0 Å². The Morgan fingerprint density at radius 3 is 3.06 bits per heavy atom. The van der Waals surface area contributed by atoms with Crippen LogP contribution in [0.1, 0.15) is 12.5 Å². The van der Waals surface area contributed by atoms with E-state index in [1.807, 2.05) is 22.9 Å². The molecule has 0 fully saturated rings. The van der Waals surface area contributed by atoms with E-state index < -0.39 is 0 Å². The largest absolute Gasteiger partial charge is 0.392 e. The van der Waals surface area contributed by atoms with Crippen molar-refractivity contribution in [2.75, 3.05) is 0 Å². The lowest BCUT2D eigenvalue weighted by molar-refractivity contribution is -0.121. The van der Waals surface area contributed by atoms with E-state index in [9.17, 15) is 9.90 Å². The van der Waals surface area contributed by atoms with Crippen molar-refractivity contribution in [2.24, 2.45) is 11.7 Å². The summed E-state index contributed by atoms with van der Waals surface area (Å²) in [6.45, 7) is 2.21. The van der Waals surface area contributed by atoms with Gasteiger partial charge < -0.3 is 15.4 Å². The Hall–Kier alpha value is -1.88. The molecule has 0 bridgehead atoms. The molecular formula is C12H15N3O2. The van der Waals surface area contributed by atoms with E-state index in [0.29, 0.717) is 6.54 Å². The van der Waals surface area contributed by atoms with Gasteiger partial charge in [-0.1, -0.05) is 6.92 Å². The maximum absolute atomic E-state index is 11.1. The molecule has 0 aliphatic rings. The second-order valence-corrected chi connectivity index (χ2v) is 4.14. The molecule has 5 heteroatoms. The number of hydrogen-bond donors (Lipinski definition) is 2. The molecular weight excluding hydrogens is 218 g/mol. The number of hydrogen-bond acceptors (Lipinski definition) is 3. The number of pyridine rings is 1. The lowest BCUT2D eigenvalue weighted by Gasteiger charge is -2.08. The van der Waals surface area contributed by atoms with Crippen LogP contribution in [0.15, 0.2) is 24.5 Å². The van der Waals surface area contributed by atoms with Crippen molar-refractivity contribution >= 4 is 16.9 Å². The number of amides is 1. The number of aliphatic hydroxyl groups excluding tert-OH is 1. The van der Waals surface area contributed by atoms with Crippen LogP contribution in [0.2, 0.25) is 0 Å². The van der Waals surface area contributed by atoms with Gasteiger partial charge in [0.15, 0.2) is 0 Å². The first kappa shape index (κ1) is 11.6. The Morgan fingerprint density at radius 2 is 2.41 bits per heavy atom. The van der Waals surface area contributed by atoms with Gasteiger partial charge in [0.2, 0.25) is 5.91 Å². The normalized spacial score (nSPS) is 12.8. The minimum absolute atomic E-state index is 0.0415. The van der Waals surface area contributed by atoms with Crippen molar-refractivity contribution in [3.63, 3.8) is 0 Å². The monoisotopic (exact) mass is 233 g/mol. The highest BCUT2D eigenvalue weighted by Crippen LogP contribution is 2.20. The summed E-state index contributed by atoms with van der Waals surface area (Å²) in [6.07, 6.45) is 3.51. The summed E-state index contributed by atoms with van der Waals surface area (Å²) in [4.78, 5) is 15.3. The highest BCUT2D eigenvalue weighted by molar-refractivity contribution is 5.81. The summed E-state index contributed by atoms with van der Waals surface area (Å²) in [5.74, 6) is -0.604. The lowest BCUT2D eigenvalue weighted by Crippen LogP contribution is -2.24. The van der Waals surface area contributed by atoms with Gasteiger partial charge in [-0.2, -0.15) is 0 Å². The molecule has 1 amide bonds. The van der Waals surface area contributed by atoms with Gasteiger partial charge in [0, 0.05) is 29.9 Å². The van der Waals surface area contributed by atoms with Crippen LogP contribution < -0.4 is 5.73 Å². The molecule has 0 aromatic carbocycles. The van der Waals surface area contributed by atoms with Crippen molar-refractivity contribution in [3.8, 4) is 0 Å². The fraction of sp³-hybridized carbons (Fsp3) is 0.333. The van der Waals surface area contributed by atoms with E-state index in [1.54, 1.807) is 13.1 Å². The Balaban J connectivity index is 2.44. The number of fused-ring (bicyclic) bond motifs is 1. The predicted molar refractivity (Wildman–Crippen MR) is 64.0 cm³/mol. The van der Waals surface area contributed by atoms with Gasteiger partial charge in [-0.25, -0.2) is 4.98 Å². The highest BCUT2D eigenvalue weighted by Gasteiger charge is 2.13. The summed E-state index contributed by atoms with van der Waals surface area (Å²) in [7, 11) is 0. The number of nitrogens with zero attached hydrogens (tertiary/aromatic N) is 2. The fourth-order valence-corrected chi connectivity index (χ4v) is 1.85. The Bertz CT molecular complexity index is 548. The van der Waals surface area contributed by atoms with Crippen LogP contribution in [-0.4, -0.2) is 20.6 Å². The summed E-state index contributed by atoms with van der Waals surface area (Å²) in [5, 5.41) is 10.2. The first-order valence-corrected chi connectivity index (χ1v) is 5.46. The van der Waals surface area contributed by atoms with Crippen molar-refractivity contribution in [1.82, 2.24) is 9.55 Å². The smallest absolute Gasteiger partial charge is 0.222 e. The number of aromatic nitrogens is 2. The standard InChI is InChI=1S/C12H15N3O2/c1-8(11(13)17)5-15-6-9(7-16)10-3-2-4-14-12(10)15/h2-4,6,8,16H,5,7H2,1H3,(H2,13,17). The van der Waals surface area contributed by atoms with E-state index in [-0.39, 0.29) is 18.4 Å². The number of nitrogens with two attached hydrogens (primary N) is 1. The van der Waals surface area contributed by atoms with Crippen LogP contribution >= 0.6 is 0 Å². The second-order valence-electron chi connectivity index (χ2n) is 4.14. The van der Waals surface area contributed by atoms with Crippen molar-refractivity contribution < 1.29 is 9.90 Å². The fourth-order valence-electron chi connectivity index (χ4n) is 1.85. The highest BCUT2D eigenvalue weighted by atomic mass is 16.3. The number of aliphatic hydroxyl groups is 1. The number of carbonyl (C=O) groups is 1. The van der Waals surface area contributed by atoms with Gasteiger partial charge in [0.1, 0.15) is 5.65 Å². The van der Waals surface area contributed by atoms with E-state index in [4.69, 9.17) is 5.73 Å². The van der Waals surface area contributed by atoms with E-state index in [1.165, 1.54) is 0 Å². The van der Waals surface area contributed by atoms with E-state index in [0.717, 1.165) is 16.6 Å².